The fourth-order valence-electron chi connectivity index (χ4n) is 2.02. The molecule has 2 rings (SSSR count). The Morgan fingerprint density at radius 2 is 2.50 bits per heavy atom. The van der Waals surface area contributed by atoms with Gasteiger partial charge in [0.1, 0.15) is 0 Å². The molecule has 1 aromatic rings. The van der Waals surface area contributed by atoms with Crippen molar-refractivity contribution < 1.29 is 4.74 Å². The van der Waals surface area contributed by atoms with Crippen molar-refractivity contribution in [2.45, 2.75) is 45.3 Å². The first kappa shape index (κ1) is 12.0. The first-order chi connectivity index (χ1) is 7.72. The molecule has 1 N–H and O–H groups in total. The van der Waals surface area contributed by atoms with Gasteiger partial charge in [-0.2, -0.15) is 0 Å². The van der Waals surface area contributed by atoms with Crippen LogP contribution >= 0.6 is 11.3 Å². The van der Waals surface area contributed by atoms with E-state index in [1.54, 1.807) is 11.3 Å². The Bertz CT molecular complexity index is 332. The second-order valence-corrected chi connectivity index (χ2v) is 5.78. The number of hydrogen-bond donors (Lipinski definition) is 1. The molecule has 0 amide bonds. The Morgan fingerprint density at radius 3 is 3.12 bits per heavy atom. The zero-order chi connectivity index (χ0) is 11.4. The minimum Gasteiger partial charge on any atom is -0.374 e. The Labute approximate surface area is 101 Å². The highest BCUT2D eigenvalue weighted by Crippen LogP contribution is 2.24. The quantitative estimate of drug-likeness (QED) is 0.858. The lowest BCUT2D eigenvalue weighted by Gasteiger charge is -2.23. The third-order valence-corrected chi connectivity index (χ3v) is 4.14. The molecule has 1 atom stereocenters. The lowest BCUT2D eigenvalue weighted by molar-refractivity contribution is 0.0207. The molecular weight excluding hydrogens is 220 g/mol. The van der Waals surface area contributed by atoms with Crippen LogP contribution in [0.1, 0.15) is 36.6 Å². The maximum Gasteiger partial charge on any atom is 0.0925 e. The van der Waals surface area contributed by atoms with E-state index in [1.165, 1.54) is 22.7 Å². The van der Waals surface area contributed by atoms with Gasteiger partial charge in [-0.3, -0.25) is 0 Å². The van der Waals surface area contributed by atoms with Crippen molar-refractivity contribution in [2.24, 2.45) is 0 Å². The molecule has 1 aliphatic rings. The van der Waals surface area contributed by atoms with Crippen LogP contribution in [0.15, 0.2) is 6.20 Å². The first-order valence-electron chi connectivity index (χ1n) is 6.00. The molecule has 1 fully saturated rings. The van der Waals surface area contributed by atoms with Gasteiger partial charge in [0.15, 0.2) is 0 Å². The summed E-state index contributed by atoms with van der Waals surface area (Å²) in [7, 11) is 0. The predicted molar refractivity (Wildman–Crippen MR) is 66.8 cm³/mol. The zero-order valence-electron chi connectivity index (χ0n) is 10.1. The minimum absolute atomic E-state index is 0.0538. The largest absolute Gasteiger partial charge is 0.374 e. The van der Waals surface area contributed by atoms with E-state index in [0.717, 1.165) is 26.1 Å². The number of hydrogen-bond acceptors (Lipinski definition) is 4. The Kier molecular flexibility index (Phi) is 3.95. The van der Waals surface area contributed by atoms with Gasteiger partial charge < -0.3 is 10.1 Å². The Balaban J connectivity index is 1.75. The van der Waals surface area contributed by atoms with Crippen LogP contribution in [0.2, 0.25) is 0 Å². The molecule has 0 aromatic carbocycles. The second-order valence-electron chi connectivity index (χ2n) is 4.58. The minimum atomic E-state index is 0.0538. The molecule has 0 radical (unpaired) electrons. The van der Waals surface area contributed by atoms with Crippen molar-refractivity contribution in [1.29, 1.82) is 0 Å². The van der Waals surface area contributed by atoms with Crippen molar-refractivity contribution in [1.82, 2.24) is 10.3 Å². The lowest BCUT2D eigenvalue weighted by Crippen LogP contribution is -2.36. The molecule has 0 aliphatic carbocycles. The van der Waals surface area contributed by atoms with Crippen LogP contribution in [0.4, 0.5) is 0 Å². The highest BCUT2D eigenvalue weighted by atomic mass is 32.1. The molecule has 3 nitrogen and oxygen atoms in total. The molecule has 1 unspecified atom stereocenters. The van der Waals surface area contributed by atoms with E-state index < -0.39 is 0 Å². The Morgan fingerprint density at radius 1 is 1.62 bits per heavy atom. The topological polar surface area (TPSA) is 34.2 Å². The summed E-state index contributed by atoms with van der Waals surface area (Å²) < 4.78 is 5.73. The summed E-state index contributed by atoms with van der Waals surface area (Å²) in [5.41, 5.74) is 0.0538. The van der Waals surface area contributed by atoms with Crippen molar-refractivity contribution in [3.63, 3.8) is 0 Å². The number of ether oxygens (including phenoxy) is 1. The van der Waals surface area contributed by atoms with Crippen LogP contribution in [0.3, 0.4) is 0 Å². The normalized spacial score (nSPS) is 25.1. The number of nitrogens with zero attached hydrogens (tertiary/aromatic N) is 1. The Hall–Kier alpha value is -0.450. The summed E-state index contributed by atoms with van der Waals surface area (Å²) >= 11 is 1.80. The monoisotopic (exact) mass is 240 g/mol. The number of rotatable bonds is 5. The molecule has 1 aromatic heterocycles. The molecule has 16 heavy (non-hydrogen) atoms. The van der Waals surface area contributed by atoms with Gasteiger partial charge >= 0.3 is 0 Å². The molecule has 2 heterocycles. The third-order valence-electron chi connectivity index (χ3n) is 3.00. The van der Waals surface area contributed by atoms with Gasteiger partial charge in [0.2, 0.25) is 0 Å². The van der Waals surface area contributed by atoms with E-state index in [2.05, 4.69) is 24.1 Å². The smallest absolute Gasteiger partial charge is 0.0925 e. The third kappa shape index (κ3) is 3.03. The van der Waals surface area contributed by atoms with Crippen molar-refractivity contribution in [3.05, 3.63) is 16.1 Å². The molecular formula is C12H20N2OS. The average molecular weight is 240 g/mol. The summed E-state index contributed by atoms with van der Waals surface area (Å²) in [5, 5.41) is 4.69. The molecule has 0 saturated carbocycles. The molecule has 90 valence electrons. The highest BCUT2D eigenvalue weighted by molar-refractivity contribution is 7.11. The average Bonchev–Trinajstić information content (AvgIpc) is 2.88. The van der Waals surface area contributed by atoms with Crippen LogP contribution in [-0.2, 0) is 17.7 Å². The number of nitrogens with one attached hydrogen (secondary N) is 1. The second kappa shape index (κ2) is 5.25. The molecule has 1 saturated heterocycles. The van der Waals surface area contributed by atoms with E-state index in [-0.39, 0.29) is 5.60 Å². The van der Waals surface area contributed by atoms with Gasteiger partial charge in [0.05, 0.1) is 10.6 Å². The van der Waals surface area contributed by atoms with Crippen LogP contribution in [0.5, 0.6) is 0 Å². The molecule has 1 aliphatic heterocycles. The predicted octanol–water partition coefficient (Wildman–Crippen LogP) is 2.36. The van der Waals surface area contributed by atoms with Crippen LogP contribution in [-0.4, -0.2) is 23.7 Å². The zero-order valence-corrected chi connectivity index (χ0v) is 10.9. The van der Waals surface area contributed by atoms with E-state index in [1.807, 2.05) is 6.20 Å². The van der Waals surface area contributed by atoms with E-state index in [4.69, 9.17) is 4.74 Å². The fraction of sp³-hybridized carbons (Fsp3) is 0.750. The van der Waals surface area contributed by atoms with Crippen LogP contribution < -0.4 is 5.32 Å². The van der Waals surface area contributed by atoms with Crippen molar-refractivity contribution in [3.8, 4) is 0 Å². The summed E-state index contributed by atoms with van der Waals surface area (Å²) in [4.78, 5) is 5.67. The van der Waals surface area contributed by atoms with Gasteiger partial charge in [0, 0.05) is 30.8 Å². The number of thiazole rings is 1. The number of aryl methyl sites for hydroxylation is 1. The van der Waals surface area contributed by atoms with Gasteiger partial charge in [-0.1, -0.05) is 6.92 Å². The summed E-state index contributed by atoms with van der Waals surface area (Å²) in [6.45, 7) is 7.10. The van der Waals surface area contributed by atoms with E-state index in [9.17, 15) is 0 Å². The van der Waals surface area contributed by atoms with Crippen LogP contribution in [0, 0.1) is 0 Å². The number of aromatic nitrogens is 1. The van der Waals surface area contributed by atoms with Gasteiger partial charge in [0.25, 0.3) is 0 Å². The molecule has 0 bridgehead atoms. The summed E-state index contributed by atoms with van der Waals surface area (Å²) in [5.74, 6) is 0. The van der Waals surface area contributed by atoms with Gasteiger partial charge in [-0.25, -0.2) is 4.98 Å². The summed E-state index contributed by atoms with van der Waals surface area (Å²) in [6.07, 6.45) is 5.38. The summed E-state index contributed by atoms with van der Waals surface area (Å²) in [6, 6.07) is 0. The van der Waals surface area contributed by atoms with Gasteiger partial charge in [-0.15, -0.1) is 11.3 Å². The highest BCUT2D eigenvalue weighted by Gasteiger charge is 2.28. The lowest BCUT2D eigenvalue weighted by atomic mass is 10.0. The SMILES string of the molecule is CCc1ncc(CNCC2(C)CCCO2)s1. The fourth-order valence-corrected chi connectivity index (χ4v) is 2.85. The van der Waals surface area contributed by atoms with Crippen LogP contribution in [0.25, 0.3) is 0 Å². The molecule has 0 spiro atoms. The van der Waals surface area contributed by atoms with E-state index >= 15 is 0 Å². The van der Waals surface area contributed by atoms with Crippen molar-refractivity contribution in [2.75, 3.05) is 13.2 Å². The molecule has 4 heteroatoms. The van der Waals surface area contributed by atoms with E-state index in [0.29, 0.717) is 0 Å². The first-order valence-corrected chi connectivity index (χ1v) is 6.82. The van der Waals surface area contributed by atoms with Gasteiger partial charge in [-0.05, 0) is 26.2 Å². The maximum atomic E-state index is 5.73. The standard InChI is InChI=1S/C12H20N2OS/c1-3-11-14-8-10(16-11)7-13-9-12(2)5-4-6-15-12/h8,13H,3-7,9H2,1-2H3. The van der Waals surface area contributed by atoms with Crippen molar-refractivity contribution >= 4 is 11.3 Å². The maximum absolute atomic E-state index is 5.73.